The molecule has 0 saturated carbocycles. The van der Waals surface area contributed by atoms with E-state index in [1.54, 1.807) is 36.2 Å². The van der Waals surface area contributed by atoms with Crippen LogP contribution in [0.15, 0.2) is 103 Å². The fourth-order valence-corrected chi connectivity index (χ4v) is 6.01. The van der Waals surface area contributed by atoms with Crippen LogP contribution >= 0.6 is 12.4 Å². The van der Waals surface area contributed by atoms with E-state index < -0.39 is 0 Å². The van der Waals surface area contributed by atoms with Gasteiger partial charge in [-0.1, -0.05) is 60.7 Å². The number of nitrogens with zero attached hydrogens (tertiary/aromatic N) is 4. The molecule has 9 nitrogen and oxygen atoms in total. The number of carbonyl (C=O) groups is 3. The van der Waals surface area contributed by atoms with E-state index in [0.717, 1.165) is 35.6 Å². The summed E-state index contributed by atoms with van der Waals surface area (Å²) in [6.45, 7) is 6.02. The van der Waals surface area contributed by atoms with Crippen molar-refractivity contribution in [2.75, 3.05) is 81.2 Å². The minimum Gasteiger partial charge on any atom is -0.379 e. The molecule has 0 spiro atoms. The molecule has 0 radical (unpaired) electrons. The Morgan fingerprint density at radius 3 is 2.11 bits per heavy atom. The summed E-state index contributed by atoms with van der Waals surface area (Å²) in [6, 6.07) is 32.2. The van der Waals surface area contributed by atoms with Crippen molar-refractivity contribution >= 4 is 47.2 Å². The summed E-state index contributed by atoms with van der Waals surface area (Å²) in [5.41, 5.74) is 5.28. The molecule has 2 fully saturated rings. The maximum atomic E-state index is 13.6. The van der Waals surface area contributed by atoms with Crippen LogP contribution in [0.1, 0.15) is 20.7 Å². The molecule has 47 heavy (non-hydrogen) atoms. The average Bonchev–Trinajstić information content (AvgIpc) is 3.12. The summed E-state index contributed by atoms with van der Waals surface area (Å²) in [4.78, 5) is 47.8. The average molecular weight is 654 g/mol. The van der Waals surface area contributed by atoms with Crippen molar-refractivity contribution in [1.29, 1.82) is 0 Å². The number of piperazine rings is 1. The van der Waals surface area contributed by atoms with Gasteiger partial charge in [-0.2, -0.15) is 0 Å². The van der Waals surface area contributed by atoms with Crippen LogP contribution in [0.3, 0.4) is 0 Å². The number of hydrogen-bond donors (Lipinski definition) is 1. The van der Waals surface area contributed by atoms with Crippen molar-refractivity contribution < 1.29 is 19.1 Å². The molecule has 2 aliphatic rings. The minimum absolute atomic E-state index is 0. The van der Waals surface area contributed by atoms with Gasteiger partial charge in [-0.25, -0.2) is 0 Å². The maximum absolute atomic E-state index is 13.6. The molecular formula is C37H40ClN5O4. The fourth-order valence-electron chi connectivity index (χ4n) is 6.01. The molecule has 2 saturated heterocycles. The summed E-state index contributed by atoms with van der Waals surface area (Å²) in [5.74, 6) is -0.214. The highest BCUT2D eigenvalue weighted by Gasteiger charge is 2.26. The molecule has 244 valence electrons. The number of halogens is 1. The van der Waals surface area contributed by atoms with Gasteiger partial charge in [-0.05, 0) is 53.6 Å². The second-order valence-electron chi connectivity index (χ2n) is 11.6. The number of benzene rings is 4. The minimum atomic E-state index is -0.215. The smallest absolute Gasteiger partial charge is 0.258 e. The Kier molecular flexibility index (Phi) is 11.3. The van der Waals surface area contributed by atoms with E-state index in [-0.39, 0.29) is 30.1 Å². The Labute approximate surface area is 282 Å². The van der Waals surface area contributed by atoms with Crippen molar-refractivity contribution in [3.05, 3.63) is 114 Å². The topological polar surface area (TPSA) is 85.4 Å². The molecule has 0 bridgehead atoms. The van der Waals surface area contributed by atoms with Gasteiger partial charge in [0.25, 0.3) is 11.8 Å². The molecule has 4 aromatic carbocycles. The Morgan fingerprint density at radius 2 is 1.38 bits per heavy atom. The van der Waals surface area contributed by atoms with Crippen LogP contribution in [0.5, 0.6) is 0 Å². The van der Waals surface area contributed by atoms with Gasteiger partial charge in [-0.15, -0.1) is 12.4 Å². The zero-order valence-corrected chi connectivity index (χ0v) is 27.3. The van der Waals surface area contributed by atoms with Gasteiger partial charge in [0.05, 0.1) is 31.1 Å². The molecule has 4 aromatic rings. The van der Waals surface area contributed by atoms with Gasteiger partial charge in [0.2, 0.25) is 5.91 Å². The molecule has 6 rings (SSSR count). The Balaban J connectivity index is 0.00000433. The van der Waals surface area contributed by atoms with Gasteiger partial charge in [0.1, 0.15) is 0 Å². The van der Waals surface area contributed by atoms with Gasteiger partial charge in [0.15, 0.2) is 0 Å². The molecule has 10 heteroatoms. The van der Waals surface area contributed by atoms with E-state index in [1.165, 1.54) is 0 Å². The van der Waals surface area contributed by atoms with E-state index in [1.807, 2.05) is 83.8 Å². The highest BCUT2D eigenvalue weighted by Crippen LogP contribution is 2.31. The Morgan fingerprint density at radius 1 is 0.745 bits per heavy atom. The largest absolute Gasteiger partial charge is 0.379 e. The van der Waals surface area contributed by atoms with Crippen LogP contribution in [0, 0.1) is 0 Å². The van der Waals surface area contributed by atoms with Crippen molar-refractivity contribution in [2.45, 2.75) is 0 Å². The third-order valence-corrected chi connectivity index (χ3v) is 8.63. The summed E-state index contributed by atoms with van der Waals surface area (Å²) in [5, 5.41) is 2.98. The number of morpholine rings is 1. The second-order valence-corrected chi connectivity index (χ2v) is 11.6. The van der Waals surface area contributed by atoms with Crippen LogP contribution in [-0.4, -0.2) is 93.6 Å². The molecular weight excluding hydrogens is 614 g/mol. The van der Waals surface area contributed by atoms with E-state index in [2.05, 4.69) is 15.1 Å². The first-order chi connectivity index (χ1) is 22.5. The lowest BCUT2D eigenvalue weighted by Crippen LogP contribution is -2.52. The van der Waals surface area contributed by atoms with E-state index in [9.17, 15) is 14.4 Å². The van der Waals surface area contributed by atoms with E-state index in [4.69, 9.17) is 4.74 Å². The molecule has 0 aliphatic carbocycles. The third-order valence-electron chi connectivity index (χ3n) is 8.63. The van der Waals surface area contributed by atoms with Crippen LogP contribution in [0.25, 0.3) is 11.1 Å². The molecule has 0 aromatic heterocycles. The van der Waals surface area contributed by atoms with Gasteiger partial charge >= 0.3 is 0 Å². The van der Waals surface area contributed by atoms with Crippen molar-refractivity contribution in [2.24, 2.45) is 0 Å². The van der Waals surface area contributed by atoms with Crippen molar-refractivity contribution in [1.82, 2.24) is 9.80 Å². The lowest BCUT2D eigenvalue weighted by Gasteiger charge is -2.38. The normalized spacial score (nSPS) is 15.0. The standard InChI is InChI=1S/C37H39N5O4.ClH/c1-39(33-13-7-8-14-34(33)41-19-21-42(22-20-41)35(43)27-40-23-25-46-26-24-40)37(45)29-15-17-30(18-16-29)38-36(44)32-12-6-5-11-31(32)28-9-3-2-4-10-28;/h2-18H,19-27H2,1H3,(H,38,44);1H. The zero-order chi connectivity index (χ0) is 31.9. The van der Waals surface area contributed by atoms with Crippen LogP contribution in [0.2, 0.25) is 0 Å². The van der Waals surface area contributed by atoms with Crippen molar-refractivity contribution in [3.63, 3.8) is 0 Å². The maximum Gasteiger partial charge on any atom is 0.258 e. The summed E-state index contributed by atoms with van der Waals surface area (Å²) in [7, 11) is 1.78. The zero-order valence-electron chi connectivity index (χ0n) is 26.5. The Hall–Kier alpha value is -4.70. The van der Waals surface area contributed by atoms with Crippen LogP contribution < -0.4 is 15.1 Å². The highest BCUT2D eigenvalue weighted by molar-refractivity contribution is 6.10. The monoisotopic (exact) mass is 653 g/mol. The molecule has 1 N–H and O–H groups in total. The molecule has 2 aliphatic heterocycles. The fraction of sp³-hybridized carbons (Fsp3) is 0.270. The van der Waals surface area contributed by atoms with Crippen LogP contribution in [0.4, 0.5) is 17.1 Å². The predicted octanol–water partition coefficient (Wildman–Crippen LogP) is 5.29. The number of carbonyl (C=O) groups excluding carboxylic acids is 3. The number of nitrogens with one attached hydrogen (secondary N) is 1. The summed E-state index contributed by atoms with van der Waals surface area (Å²) >= 11 is 0. The SMILES string of the molecule is CN(C(=O)c1ccc(NC(=O)c2ccccc2-c2ccccc2)cc1)c1ccccc1N1CCN(C(=O)CN2CCOCC2)CC1.Cl. The Bertz CT molecular complexity index is 1670. The number of amides is 3. The number of rotatable bonds is 8. The first kappa shape index (κ1) is 33.7. The first-order valence-corrected chi connectivity index (χ1v) is 15.7. The molecule has 2 heterocycles. The lowest BCUT2D eigenvalue weighted by atomic mass is 9.99. The predicted molar refractivity (Wildman–Crippen MR) is 189 cm³/mol. The summed E-state index contributed by atoms with van der Waals surface area (Å²) in [6.07, 6.45) is 0. The van der Waals surface area contributed by atoms with Gasteiger partial charge < -0.3 is 24.8 Å². The molecule has 3 amide bonds. The van der Waals surface area contributed by atoms with E-state index >= 15 is 0 Å². The number of hydrogen-bond acceptors (Lipinski definition) is 6. The first-order valence-electron chi connectivity index (χ1n) is 15.7. The number of ether oxygens (including phenoxy) is 1. The van der Waals surface area contributed by atoms with Gasteiger partial charge in [-0.3, -0.25) is 19.3 Å². The summed E-state index contributed by atoms with van der Waals surface area (Å²) < 4.78 is 5.40. The van der Waals surface area contributed by atoms with E-state index in [0.29, 0.717) is 62.8 Å². The number of anilines is 3. The van der Waals surface area contributed by atoms with Crippen molar-refractivity contribution in [3.8, 4) is 11.1 Å². The van der Waals surface area contributed by atoms with Gasteiger partial charge in [0, 0.05) is 63.1 Å². The number of para-hydroxylation sites is 2. The third kappa shape index (κ3) is 8.00. The highest BCUT2D eigenvalue weighted by atomic mass is 35.5. The second kappa shape index (κ2) is 15.7. The quantitative estimate of drug-likeness (QED) is 0.279. The van der Waals surface area contributed by atoms with Crippen LogP contribution in [-0.2, 0) is 9.53 Å². The molecule has 0 unspecified atom stereocenters. The molecule has 0 atom stereocenters. The lowest BCUT2D eigenvalue weighted by molar-refractivity contribution is -0.133.